The zero-order valence-corrected chi connectivity index (χ0v) is 13.7. The molecule has 7 heteroatoms. The van der Waals surface area contributed by atoms with E-state index in [9.17, 15) is 0 Å². The topological polar surface area (TPSA) is 86.3 Å². The Hall–Kier alpha value is -2.73. The van der Waals surface area contributed by atoms with E-state index in [0.717, 1.165) is 17.0 Å². The molecule has 0 aliphatic carbocycles. The Labute approximate surface area is 144 Å². The molecular weight excluding hydrogens is 326 g/mol. The molecule has 122 valence electrons. The Balaban J connectivity index is 1.86. The van der Waals surface area contributed by atoms with E-state index in [-0.39, 0.29) is 11.1 Å². The van der Waals surface area contributed by atoms with Gasteiger partial charge in [-0.3, -0.25) is 9.98 Å². The second-order valence-electron chi connectivity index (χ2n) is 5.18. The molecule has 0 fully saturated rings. The molecule has 24 heavy (non-hydrogen) atoms. The minimum absolute atomic E-state index is 0.121. The van der Waals surface area contributed by atoms with Crippen molar-refractivity contribution in [2.45, 2.75) is 12.8 Å². The first-order chi connectivity index (χ1) is 11.7. The van der Waals surface area contributed by atoms with Gasteiger partial charge in [0.25, 0.3) is 0 Å². The highest BCUT2D eigenvalue weighted by molar-refractivity contribution is 6.28. The predicted octanol–water partition coefficient (Wildman–Crippen LogP) is 3.10. The van der Waals surface area contributed by atoms with Crippen molar-refractivity contribution in [2.24, 2.45) is 4.99 Å². The van der Waals surface area contributed by atoms with Gasteiger partial charge >= 0.3 is 0 Å². The van der Waals surface area contributed by atoms with Crippen molar-refractivity contribution >= 4 is 29.3 Å². The number of anilines is 1. The van der Waals surface area contributed by atoms with Crippen LogP contribution in [0.2, 0.25) is 5.28 Å². The Kier molecular flexibility index (Phi) is 4.86. The molecule has 0 saturated carbocycles. The van der Waals surface area contributed by atoms with Crippen LogP contribution < -0.4 is 10.5 Å². The summed E-state index contributed by atoms with van der Waals surface area (Å²) in [4.78, 5) is 16.9. The number of nitrogens with zero attached hydrogens (tertiary/aromatic N) is 4. The summed E-state index contributed by atoms with van der Waals surface area (Å²) in [5, 5.41) is 0.121. The zero-order chi connectivity index (χ0) is 16.9. The quantitative estimate of drug-likeness (QED) is 0.667. The van der Waals surface area contributed by atoms with Gasteiger partial charge in [-0.15, -0.1) is 0 Å². The number of hydrogen-bond acceptors (Lipinski definition) is 6. The summed E-state index contributed by atoms with van der Waals surface area (Å²) in [5.74, 6) is 1.02. The second kappa shape index (κ2) is 7.23. The van der Waals surface area contributed by atoms with Crippen molar-refractivity contribution in [1.82, 2.24) is 15.0 Å². The van der Waals surface area contributed by atoms with Crippen molar-refractivity contribution in [3.05, 3.63) is 59.3 Å². The van der Waals surface area contributed by atoms with Gasteiger partial charge in [0, 0.05) is 25.3 Å². The third-order valence-electron chi connectivity index (χ3n) is 3.46. The molecule has 0 aromatic carbocycles. The van der Waals surface area contributed by atoms with Gasteiger partial charge in [0.1, 0.15) is 18.0 Å². The maximum absolute atomic E-state index is 5.91. The first kappa shape index (κ1) is 16.1. The monoisotopic (exact) mass is 341 g/mol. The summed E-state index contributed by atoms with van der Waals surface area (Å²) in [6.45, 7) is 4.09. The molecule has 1 aliphatic rings. The van der Waals surface area contributed by atoms with E-state index >= 15 is 0 Å². The second-order valence-corrected chi connectivity index (χ2v) is 5.52. The average Bonchev–Trinajstić information content (AvgIpc) is 2.76. The van der Waals surface area contributed by atoms with Crippen LogP contribution in [0.15, 0.2) is 47.6 Å². The van der Waals surface area contributed by atoms with Crippen LogP contribution in [0.5, 0.6) is 5.75 Å². The first-order valence-corrected chi connectivity index (χ1v) is 7.76. The van der Waals surface area contributed by atoms with Crippen LogP contribution >= 0.6 is 11.6 Å². The van der Waals surface area contributed by atoms with E-state index in [4.69, 9.17) is 22.1 Å². The summed E-state index contributed by atoms with van der Waals surface area (Å²) >= 11 is 5.91. The van der Waals surface area contributed by atoms with Crippen molar-refractivity contribution in [2.75, 3.05) is 12.3 Å². The van der Waals surface area contributed by atoms with Crippen LogP contribution in [0, 0.1) is 0 Å². The number of rotatable bonds is 5. The molecule has 0 unspecified atom stereocenters. The Morgan fingerprint density at radius 2 is 2.25 bits per heavy atom. The lowest BCUT2D eigenvalue weighted by Gasteiger charge is -2.11. The molecule has 2 aromatic heterocycles. The summed E-state index contributed by atoms with van der Waals surface area (Å²) in [7, 11) is 0. The van der Waals surface area contributed by atoms with E-state index in [1.54, 1.807) is 18.5 Å². The summed E-state index contributed by atoms with van der Waals surface area (Å²) in [6.07, 6.45) is 8.25. The Bertz CT molecular complexity index is 832. The number of aromatic nitrogens is 3. The SMILES string of the molecule is C=CCOc1cccnc1CC1=CC=Nc2c(N)nc(Cl)nc2C1. The molecule has 0 amide bonds. The van der Waals surface area contributed by atoms with Crippen molar-refractivity contribution in [1.29, 1.82) is 0 Å². The van der Waals surface area contributed by atoms with Gasteiger partial charge in [-0.05, 0) is 29.8 Å². The molecule has 0 atom stereocenters. The normalized spacial score (nSPS) is 13.0. The van der Waals surface area contributed by atoms with Crippen LogP contribution in [-0.4, -0.2) is 27.8 Å². The standard InChI is InChI=1S/C17H16ClN5O/c1-2-8-24-14-4-3-6-20-12(14)9-11-5-7-21-15-13(10-11)22-17(18)23-16(15)19/h2-7H,1,8-10H2,(H2,19,22,23). The number of aliphatic imine (C=N–C) groups is 1. The van der Waals surface area contributed by atoms with Gasteiger partial charge in [-0.25, -0.2) is 4.98 Å². The maximum atomic E-state index is 5.91. The summed E-state index contributed by atoms with van der Waals surface area (Å²) in [6, 6.07) is 3.73. The third-order valence-corrected chi connectivity index (χ3v) is 3.63. The molecule has 2 N–H and O–H groups in total. The van der Waals surface area contributed by atoms with Crippen molar-refractivity contribution in [3.63, 3.8) is 0 Å². The number of nitrogens with two attached hydrogens (primary N) is 1. The van der Waals surface area contributed by atoms with Crippen LogP contribution in [0.4, 0.5) is 11.5 Å². The fourth-order valence-electron chi connectivity index (χ4n) is 2.42. The van der Waals surface area contributed by atoms with E-state index < -0.39 is 0 Å². The largest absolute Gasteiger partial charge is 0.488 e. The highest BCUT2D eigenvalue weighted by Gasteiger charge is 2.16. The average molecular weight is 342 g/mol. The maximum Gasteiger partial charge on any atom is 0.224 e. The molecule has 0 radical (unpaired) electrons. The highest BCUT2D eigenvalue weighted by atomic mass is 35.5. The van der Waals surface area contributed by atoms with Crippen LogP contribution in [0.1, 0.15) is 11.4 Å². The van der Waals surface area contributed by atoms with Crippen LogP contribution in [0.3, 0.4) is 0 Å². The smallest absolute Gasteiger partial charge is 0.224 e. The molecule has 2 aromatic rings. The summed E-state index contributed by atoms with van der Waals surface area (Å²) in [5.41, 5.74) is 9.07. The molecule has 0 spiro atoms. The minimum Gasteiger partial charge on any atom is -0.488 e. The number of nitrogen functional groups attached to an aromatic ring is 1. The predicted molar refractivity (Wildman–Crippen MR) is 95.0 cm³/mol. The Morgan fingerprint density at radius 3 is 3.08 bits per heavy atom. The molecule has 0 bridgehead atoms. The van der Waals surface area contributed by atoms with Crippen LogP contribution in [-0.2, 0) is 12.8 Å². The van der Waals surface area contributed by atoms with Crippen molar-refractivity contribution in [3.8, 4) is 5.75 Å². The molecular formula is C17H16ClN5O. The first-order valence-electron chi connectivity index (χ1n) is 7.39. The highest BCUT2D eigenvalue weighted by Crippen LogP contribution is 2.30. The fraction of sp³-hybridized carbons (Fsp3) is 0.176. The van der Waals surface area contributed by atoms with E-state index in [0.29, 0.717) is 30.8 Å². The molecule has 3 heterocycles. The van der Waals surface area contributed by atoms with Gasteiger partial charge in [0.05, 0.1) is 11.4 Å². The lowest BCUT2D eigenvalue weighted by atomic mass is 10.0. The summed E-state index contributed by atoms with van der Waals surface area (Å²) < 4.78 is 5.66. The lowest BCUT2D eigenvalue weighted by molar-refractivity contribution is 0.357. The number of hydrogen-bond donors (Lipinski definition) is 1. The fourth-order valence-corrected chi connectivity index (χ4v) is 2.61. The van der Waals surface area contributed by atoms with Crippen molar-refractivity contribution < 1.29 is 4.74 Å². The van der Waals surface area contributed by atoms with Gasteiger partial charge in [0.2, 0.25) is 5.28 Å². The van der Waals surface area contributed by atoms with Gasteiger partial charge < -0.3 is 10.5 Å². The van der Waals surface area contributed by atoms with Gasteiger partial charge in [-0.1, -0.05) is 18.2 Å². The molecule has 6 nitrogen and oxygen atoms in total. The third kappa shape index (κ3) is 3.60. The van der Waals surface area contributed by atoms with E-state index in [1.807, 2.05) is 18.2 Å². The van der Waals surface area contributed by atoms with E-state index in [2.05, 4.69) is 26.5 Å². The number of halogens is 1. The van der Waals surface area contributed by atoms with E-state index in [1.165, 1.54) is 0 Å². The molecule has 3 rings (SSSR count). The number of pyridine rings is 1. The van der Waals surface area contributed by atoms with Crippen LogP contribution in [0.25, 0.3) is 0 Å². The lowest BCUT2D eigenvalue weighted by Crippen LogP contribution is -2.04. The minimum atomic E-state index is 0.121. The Morgan fingerprint density at radius 1 is 1.38 bits per heavy atom. The zero-order valence-electron chi connectivity index (χ0n) is 12.9. The molecule has 0 saturated heterocycles. The number of ether oxygens (including phenoxy) is 1. The number of fused-ring (bicyclic) bond motifs is 1. The van der Waals surface area contributed by atoms with Gasteiger partial charge in [0.15, 0.2) is 5.82 Å². The van der Waals surface area contributed by atoms with Gasteiger partial charge in [-0.2, -0.15) is 4.98 Å². The number of allylic oxidation sites excluding steroid dienone is 2. The molecule has 1 aliphatic heterocycles.